The predicted octanol–water partition coefficient (Wildman–Crippen LogP) is 27.5. The Hall–Kier alpha value is -5.90. The summed E-state index contributed by atoms with van der Waals surface area (Å²) in [6, 6.07) is 49.6. The van der Waals surface area contributed by atoms with E-state index in [4.69, 9.17) is 0 Å². The number of rotatable bonds is 40. The molecule has 0 bridgehead atoms. The molecule has 4 nitrogen and oxygen atoms in total. The summed E-state index contributed by atoms with van der Waals surface area (Å²) in [5.41, 5.74) is 18.2. The molecule has 506 valence electrons. The number of carbonyl (C=O) groups is 2. The van der Waals surface area contributed by atoms with Gasteiger partial charge in [-0.3, -0.25) is 9.59 Å². The van der Waals surface area contributed by atoms with Crippen molar-refractivity contribution in [2.45, 2.75) is 258 Å². The first-order valence-corrected chi connectivity index (χ1v) is 41.6. The van der Waals surface area contributed by atoms with E-state index in [1.807, 2.05) is 22.7 Å². The van der Waals surface area contributed by atoms with Gasteiger partial charge in [-0.1, -0.05) is 275 Å². The minimum absolute atomic E-state index is 0.00522. The molecule has 8 aromatic rings. The number of hydrogen-bond donors (Lipinski definition) is 0. The van der Waals surface area contributed by atoms with Crippen LogP contribution in [0.3, 0.4) is 0 Å². The van der Waals surface area contributed by atoms with E-state index < -0.39 is 0 Å². The smallest absolute Gasteiger partial charge is 0.261 e. The van der Waals surface area contributed by atoms with Crippen molar-refractivity contribution in [3.8, 4) is 63.3 Å². The fraction of sp³-hybridized carbons (Fsp3) is 0.477. The Labute approximate surface area is 593 Å². The summed E-state index contributed by atoms with van der Waals surface area (Å²) in [6.07, 6.45) is 38.0. The zero-order valence-corrected chi connectivity index (χ0v) is 62.4. The highest BCUT2D eigenvalue weighted by atomic mass is 32.1. The number of fused-ring (bicyclic) bond motifs is 7. The zero-order valence-electron chi connectivity index (χ0n) is 59.1. The summed E-state index contributed by atoms with van der Waals surface area (Å²) in [7, 11) is 0. The number of benzene rings is 4. The van der Waals surface area contributed by atoms with Gasteiger partial charge >= 0.3 is 0 Å². The molecule has 2 aliphatic carbocycles. The monoisotopic (exact) mass is 1350 g/mol. The van der Waals surface area contributed by atoms with Crippen LogP contribution >= 0.6 is 45.3 Å². The van der Waals surface area contributed by atoms with E-state index >= 15 is 9.59 Å². The molecule has 0 unspecified atom stereocenters. The second-order valence-electron chi connectivity index (χ2n) is 28.6. The summed E-state index contributed by atoms with van der Waals surface area (Å²) in [5.74, 6) is -0.0104. The fourth-order valence-electron chi connectivity index (χ4n) is 16.9. The van der Waals surface area contributed by atoms with Crippen molar-refractivity contribution in [3.05, 3.63) is 176 Å². The number of unbranched alkanes of at least 4 members (excludes halogenated alkanes) is 22. The van der Waals surface area contributed by atoms with Crippen LogP contribution in [0.2, 0.25) is 0 Å². The first-order valence-electron chi connectivity index (χ1n) is 38.2. The molecule has 0 saturated heterocycles. The molecule has 4 aromatic heterocycles. The Bertz CT molecular complexity index is 3950. The van der Waals surface area contributed by atoms with Crippen LogP contribution in [0, 0.1) is 0 Å². The standard InChI is InChI=1S/C88H108N2O2S4/c1-7-13-19-25-27-35-57-89-83(79-51-48-75(95-79)64-41-44-67-66-38-29-30-39-70(66)87(71(67)60-64,53-31-21-15-9-3)54-32-22-16-10-4)81-82(86(89)92)84(90(85(81)91)58-36-28-26-20-14-8-2)80-52-49-76(96-80)65-43-46-69-68-45-42-63(74-47-50-78(94-74)77-40-37-59-93-77)61-72(68)88(73(69)62-65,55-33-23-17-11-5)56-34-24-18-12-6/h29-30,37-52,59-62H,7-28,31-36,53-58H2,1-6H3. The Morgan fingerprint density at radius 1 is 0.302 bits per heavy atom. The molecule has 8 heteroatoms. The molecule has 0 radical (unpaired) electrons. The Morgan fingerprint density at radius 2 is 0.635 bits per heavy atom. The fourth-order valence-corrected chi connectivity index (χ4v) is 20.8. The molecule has 0 spiro atoms. The highest BCUT2D eigenvalue weighted by molar-refractivity contribution is 7.23. The molecule has 12 rings (SSSR count). The summed E-state index contributed by atoms with van der Waals surface area (Å²) in [6.45, 7) is 15.1. The normalized spacial score (nSPS) is 15.0. The Morgan fingerprint density at radius 3 is 1.03 bits per heavy atom. The SMILES string of the molecule is CCCCCCCCN1C(=O)C2=C(c3ccc(-c4ccc5c(c4)C(CCCCCC)(CCCCCC)c4cc(-c6ccc(-c7cccs7)s6)ccc4-5)s3)N(CCCCCCCC)C(=O)C2=C1c1ccc(-c2ccc3c(c2)C(CCCCCC)(CCCCCC)c2ccccc2-3)s1. The molecule has 4 aromatic carbocycles. The van der Waals surface area contributed by atoms with Gasteiger partial charge in [0.1, 0.15) is 0 Å². The van der Waals surface area contributed by atoms with Crippen molar-refractivity contribution >= 4 is 68.6 Å². The van der Waals surface area contributed by atoms with Crippen LogP contribution in [0.25, 0.3) is 74.7 Å². The number of hydrogen-bond acceptors (Lipinski definition) is 6. The van der Waals surface area contributed by atoms with Gasteiger partial charge in [0.2, 0.25) is 0 Å². The maximum Gasteiger partial charge on any atom is 0.261 e. The van der Waals surface area contributed by atoms with Crippen LogP contribution in [0.15, 0.2) is 144 Å². The number of thiophene rings is 4. The first-order chi connectivity index (χ1) is 47.2. The van der Waals surface area contributed by atoms with Crippen molar-refractivity contribution in [2.75, 3.05) is 13.1 Å². The third-order valence-electron chi connectivity index (χ3n) is 22.0. The highest BCUT2D eigenvalue weighted by Crippen LogP contribution is 2.59. The van der Waals surface area contributed by atoms with Crippen molar-refractivity contribution in [1.29, 1.82) is 0 Å². The maximum absolute atomic E-state index is 16.0. The van der Waals surface area contributed by atoms with Gasteiger partial charge in [-0.05, 0) is 166 Å². The lowest BCUT2D eigenvalue weighted by Gasteiger charge is -2.33. The van der Waals surface area contributed by atoms with E-state index in [0.717, 1.165) is 72.5 Å². The molecule has 96 heavy (non-hydrogen) atoms. The third-order valence-corrected chi connectivity index (χ3v) is 26.5. The lowest BCUT2D eigenvalue weighted by molar-refractivity contribution is -0.124. The van der Waals surface area contributed by atoms with Gasteiger partial charge in [0.25, 0.3) is 11.8 Å². The van der Waals surface area contributed by atoms with E-state index in [1.165, 1.54) is 240 Å². The lowest BCUT2D eigenvalue weighted by atomic mass is 9.70. The Balaban J connectivity index is 0.940. The van der Waals surface area contributed by atoms with Crippen molar-refractivity contribution in [2.24, 2.45) is 0 Å². The average Bonchev–Trinajstić information content (AvgIpc) is 1.58. The van der Waals surface area contributed by atoms with Gasteiger partial charge in [0.15, 0.2) is 0 Å². The van der Waals surface area contributed by atoms with E-state index in [-0.39, 0.29) is 22.6 Å². The molecule has 0 fully saturated rings. The second kappa shape index (κ2) is 33.3. The minimum atomic E-state index is -0.102. The first kappa shape index (κ1) is 70.0. The van der Waals surface area contributed by atoms with E-state index in [0.29, 0.717) is 24.2 Å². The summed E-state index contributed by atoms with van der Waals surface area (Å²) in [5, 5.41) is 2.18. The molecular weight excluding hydrogens is 1250 g/mol. The number of amides is 2. The largest absolute Gasteiger partial charge is 0.306 e. The van der Waals surface area contributed by atoms with Gasteiger partial charge in [0.05, 0.1) is 32.3 Å². The van der Waals surface area contributed by atoms with Gasteiger partial charge in [-0.15, -0.1) is 45.3 Å². The van der Waals surface area contributed by atoms with Crippen LogP contribution in [0.4, 0.5) is 0 Å². The van der Waals surface area contributed by atoms with Crippen LogP contribution in [-0.2, 0) is 20.4 Å². The molecule has 2 aliphatic heterocycles. The van der Waals surface area contributed by atoms with E-state index in [1.54, 1.807) is 22.7 Å². The van der Waals surface area contributed by atoms with Crippen LogP contribution in [-0.4, -0.2) is 34.7 Å². The van der Waals surface area contributed by atoms with Gasteiger partial charge in [0, 0.05) is 48.3 Å². The number of nitrogens with zero attached hydrogens (tertiary/aromatic N) is 2. The molecular formula is C88H108N2O2S4. The summed E-state index contributed by atoms with van der Waals surface area (Å²) < 4.78 is 0. The topological polar surface area (TPSA) is 40.6 Å². The van der Waals surface area contributed by atoms with Crippen molar-refractivity contribution in [1.82, 2.24) is 9.80 Å². The molecule has 6 heterocycles. The van der Waals surface area contributed by atoms with Crippen LogP contribution in [0.1, 0.15) is 279 Å². The maximum atomic E-state index is 16.0. The molecule has 4 aliphatic rings. The van der Waals surface area contributed by atoms with Crippen molar-refractivity contribution in [3.63, 3.8) is 0 Å². The van der Waals surface area contributed by atoms with E-state index in [2.05, 4.69) is 184 Å². The molecule has 0 saturated carbocycles. The minimum Gasteiger partial charge on any atom is -0.306 e. The van der Waals surface area contributed by atoms with Gasteiger partial charge in [-0.25, -0.2) is 0 Å². The van der Waals surface area contributed by atoms with Gasteiger partial charge in [-0.2, -0.15) is 0 Å². The lowest BCUT2D eigenvalue weighted by Crippen LogP contribution is -2.30. The molecule has 2 amide bonds. The summed E-state index contributed by atoms with van der Waals surface area (Å²) in [4.78, 5) is 44.5. The summed E-state index contributed by atoms with van der Waals surface area (Å²) >= 11 is 7.29. The van der Waals surface area contributed by atoms with Gasteiger partial charge < -0.3 is 9.80 Å². The number of carbonyl (C=O) groups excluding carboxylic acids is 2. The highest BCUT2D eigenvalue weighted by Gasteiger charge is 2.50. The third kappa shape index (κ3) is 14.6. The van der Waals surface area contributed by atoms with E-state index in [9.17, 15) is 0 Å². The molecule has 0 atom stereocenters. The quantitative estimate of drug-likeness (QED) is 0.0359. The predicted molar refractivity (Wildman–Crippen MR) is 418 cm³/mol. The van der Waals surface area contributed by atoms with Crippen LogP contribution < -0.4 is 0 Å². The van der Waals surface area contributed by atoms with Crippen molar-refractivity contribution < 1.29 is 9.59 Å². The zero-order chi connectivity index (χ0) is 66.4. The van der Waals surface area contributed by atoms with Crippen LogP contribution in [0.5, 0.6) is 0 Å². The Kier molecular flexibility index (Phi) is 24.3. The molecule has 0 N–H and O–H groups in total. The average molecular weight is 1350 g/mol. The second-order valence-corrected chi connectivity index (χ2v) is 32.8.